The molecule has 1 atom stereocenters. The fourth-order valence-corrected chi connectivity index (χ4v) is 2.37. The van der Waals surface area contributed by atoms with Crippen molar-refractivity contribution < 1.29 is 9.18 Å². The summed E-state index contributed by atoms with van der Waals surface area (Å²) in [5.41, 5.74) is 0.390. The van der Waals surface area contributed by atoms with Crippen LogP contribution in [-0.4, -0.2) is 28.9 Å². The van der Waals surface area contributed by atoms with Gasteiger partial charge in [0.15, 0.2) is 0 Å². The Morgan fingerprint density at radius 2 is 2.15 bits per heavy atom. The van der Waals surface area contributed by atoms with Crippen molar-refractivity contribution in [2.24, 2.45) is 0 Å². The van der Waals surface area contributed by atoms with Crippen molar-refractivity contribution >= 4 is 11.6 Å². The number of rotatable bonds is 2. The van der Waals surface area contributed by atoms with Gasteiger partial charge in [-0.05, 0) is 39.0 Å². The molecule has 0 aliphatic carbocycles. The number of amides is 1. The first-order valence-electron chi connectivity index (χ1n) is 6.58. The van der Waals surface area contributed by atoms with Crippen LogP contribution in [0.4, 0.5) is 10.1 Å². The van der Waals surface area contributed by atoms with Crippen LogP contribution in [0.1, 0.15) is 32.8 Å². The van der Waals surface area contributed by atoms with Crippen LogP contribution in [0.5, 0.6) is 0 Å². The van der Waals surface area contributed by atoms with Gasteiger partial charge in [0.1, 0.15) is 5.82 Å². The van der Waals surface area contributed by atoms with Gasteiger partial charge in [-0.15, -0.1) is 0 Å². The second-order valence-corrected chi connectivity index (χ2v) is 6.03. The highest BCUT2D eigenvalue weighted by atomic mass is 19.1. The molecule has 1 N–H and O–H groups in total. The fourth-order valence-electron chi connectivity index (χ4n) is 2.37. The Kier molecular flexibility index (Phi) is 3.67. The SMILES string of the molecule is CC(C)(C)N1CC(Nc2ccc(C#N)cc2F)CC1=O. The van der Waals surface area contributed by atoms with Crippen LogP contribution in [0.2, 0.25) is 0 Å². The molecule has 1 fully saturated rings. The molecule has 1 saturated heterocycles. The van der Waals surface area contributed by atoms with Gasteiger partial charge in [-0.3, -0.25) is 4.79 Å². The molecular weight excluding hydrogens is 257 g/mol. The zero-order valence-corrected chi connectivity index (χ0v) is 11.9. The second-order valence-electron chi connectivity index (χ2n) is 6.03. The number of hydrogen-bond acceptors (Lipinski definition) is 3. The molecule has 20 heavy (non-hydrogen) atoms. The predicted molar refractivity (Wildman–Crippen MR) is 74.6 cm³/mol. The summed E-state index contributed by atoms with van der Waals surface area (Å²) in [4.78, 5) is 13.8. The summed E-state index contributed by atoms with van der Waals surface area (Å²) in [6.07, 6.45) is 0.358. The number of carbonyl (C=O) groups is 1. The average Bonchev–Trinajstić information content (AvgIpc) is 2.73. The highest BCUT2D eigenvalue weighted by molar-refractivity contribution is 5.80. The van der Waals surface area contributed by atoms with E-state index in [1.165, 1.54) is 12.1 Å². The lowest BCUT2D eigenvalue weighted by Gasteiger charge is -2.32. The Bertz CT molecular complexity index is 571. The third-order valence-corrected chi connectivity index (χ3v) is 3.39. The minimum atomic E-state index is -0.467. The van der Waals surface area contributed by atoms with E-state index in [2.05, 4.69) is 5.32 Å². The maximum atomic E-state index is 13.8. The summed E-state index contributed by atoms with van der Waals surface area (Å²) >= 11 is 0. The van der Waals surface area contributed by atoms with Gasteiger partial charge in [0, 0.05) is 18.5 Å². The third-order valence-electron chi connectivity index (χ3n) is 3.39. The number of anilines is 1. The molecule has 0 bridgehead atoms. The van der Waals surface area contributed by atoms with Gasteiger partial charge in [-0.2, -0.15) is 5.26 Å². The van der Waals surface area contributed by atoms with Crippen LogP contribution >= 0.6 is 0 Å². The van der Waals surface area contributed by atoms with Crippen molar-refractivity contribution in [3.8, 4) is 6.07 Å². The summed E-state index contributed by atoms with van der Waals surface area (Å²) in [6.45, 7) is 6.50. The number of nitrogens with one attached hydrogen (secondary N) is 1. The zero-order valence-electron chi connectivity index (χ0n) is 11.9. The Balaban J connectivity index is 2.09. The van der Waals surface area contributed by atoms with Crippen LogP contribution < -0.4 is 5.32 Å². The summed E-state index contributed by atoms with van der Waals surface area (Å²) in [5.74, 6) is -0.394. The minimum Gasteiger partial charge on any atom is -0.378 e. The maximum Gasteiger partial charge on any atom is 0.225 e. The van der Waals surface area contributed by atoms with E-state index in [1.54, 1.807) is 11.0 Å². The lowest BCUT2D eigenvalue weighted by Crippen LogP contribution is -2.43. The normalized spacial score (nSPS) is 19.1. The largest absolute Gasteiger partial charge is 0.378 e. The molecule has 1 aliphatic heterocycles. The number of likely N-dealkylation sites (tertiary alicyclic amines) is 1. The Labute approximate surface area is 118 Å². The van der Waals surface area contributed by atoms with Crippen LogP contribution in [0, 0.1) is 17.1 Å². The van der Waals surface area contributed by atoms with Crippen molar-refractivity contribution in [1.29, 1.82) is 5.26 Å². The molecule has 0 aromatic heterocycles. The number of benzene rings is 1. The molecule has 106 valence electrons. The number of carbonyl (C=O) groups excluding carboxylic acids is 1. The average molecular weight is 275 g/mol. The Morgan fingerprint density at radius 1 is 1.45 bits per heavy atom. The first-order chi connectivity index (χ1) is 9.31. The van der Waals surface area contributed by atoms with E-state index in [-0.39, 0.29) is 23.1 Å². The molecule has 0 radical (unpaired) electrons. The van der Waals surface area contributed by atoms with Crippen molar-refractivity contribution in [3.63, 3.8) is 0 Å². The van der Waals surface area contributed by atoms with E-state index in [1.807, 2.05) is 26.8 Å². The molecule has 1 unspecified atom stereocenters. The van der Waals surface area contributed by atoms with Crippen LogP contribution in [0.3, 0.4) is 0 Å². The van der Waals surface area contributed by atoms with Crippen LogP contribution in [0.15, 0.2) is 18.2 Å². The highest BCUT2D eigenvalue weighted by Gasteiger charge is 2.36. The second kappa shape index (κ2) is 5.12. The lowest BCUT2D eigenvalue weighted by molar-refractivity contribution is -0.131. The van der Waals surface area contributed by atoms with E-state index in [9.17, 15) is 9.18 Å². The summed E-state index contributed by atoms with van der Waals surface area (Å²) in [7, 11) is 0. The lowest BCUT2D eigenvalue weighted by atomic mass is 10.1. The third kappa shape index (κ3) is 2.90. The summed E-state index contributed by atoms with van der Waals surface area (Å²) < 4.78 is 13.8. The number of halogens is 1. The van der Waals surface area contributed by atoms with Gasteiger partial charge in [0.2, 0.25) is 5.91 Å². The molecule has 5 heteroatoms. The number of nitriles is 1. The van der Waals surface area contributed by atoms with Crippen LogP contribution in [0.25, 0.3) is 0 Å². The predicted octanol–water partition coefficient (Wildman–Crippen LogP) is 2.51. The Morgan fingerprint density at radius 3 is 2.65 bits per heavy atom. The van der Waals surface area contributed by atoms with Gasteiger partial charge in [-0.25, -0.2) is 4.39 Å². The molecule has 1 aromatic rings. The Hall–Kier alpha value is -2.09. The van der Waals surface area contributed by atoms with Crippen LogP contribution in [-0.2, 0) is 4.79 Å². The number of nitrogens with zero attached hydrogens (tertiary/aromatic N) is 2. The standard InChI is InChI=1S/C15H18FN3O/c1-15(2,3)19-9-11(7-14(19)20)18-13-5-4-10(8-17)6-12(13)16/h4-6,11,18H,7,9H2,1-3H3. The zero-order chi connectivity index (χ0) is 14.9. The molecule has 1 heterocycles. The molecule has 4 nitrogen and oxygen atoms in total. The van der Waals surface area contributed by atoms with Gasteiger partial charge < -0.3 is 10.2 Å². The van der Waals surface area contributed by atoms with Gasteiger partial charge in [0.05, 0.1) is 23.4 Å². The molecule has 1 aliphatic rings. The van der Waals surface area contributed by atoms with E-state index >= 15 is 0 Å². The summed E-state index contributed by atoms with van der Waals surface area (Å²) in [5, 5.41) is 11.8. The molecular formula is C15H18FN3O. The molecule has 0 saturated carbocycles. The molecule has 1 aromatic carbocycles. The molecule has 0 spiro atoms. The van der Waals surface area contributed by atoms with E-state index in [0.717, 1.165) is 0 Å². The van der Waals surface area contributed by atoms with Crippen molar-refractivity contribution in [3.05, 3.63) is 29.6 Å². The topological polar surface area (TPSA) is 56.1 Å². The first kappa shape index (κ1) is 14.3. The van der Waals surface area contributed by atoms with E-state index < -0.39 is 5.82 Å². The quantitative estimate of drug-likeness (QED) is 0.902. The highest BCUT2D eigenvalue weighted by Crippen LogP contribution is 2.25. The smallest absolute Gasteiger partial charge is 0.225 e. The monoisotopic (exact) mass is 275 g/mol. The fraction of sp³-hybridized carbons (Fsp3) is 0.467. The van der Waals surface area contributed by atoms with Gasteiger partial charge >= 0.3 is 0 Å². The van der Waals surface area contributed by atoms with Gasteiger partial charge in [0.25, 0.3) is 0 Å². The first-order valence-corrected chi connectivity index (χ1v) is 6.58. The number of hydrogen-bond donors (Lipinski definition) is 1. The van der Waals surface area contributed by atoms with Crippen molar-refractivity contribution in [1.82, 2.24) is 4.90 Å². The van der Waals surface area contributed by atoms with E-state index in [0.29, 0.717) is 18.7 Å². The minimum absolute atomic E-state index is 0.0732. The maximum absolute atomic E-state index is 13.8. The van der Waals surface area contributed by atoms with E-state index in [4.69, 9.17) is 5.26 Å². The summed E-state index contributed by atoms with van der Waals surface area (Å²) in [6, 6.07) is 6.08. The van der Waals surface area contributed by atoms with Crippen molar-refractivity contribution in [2.75, 3.05) is 11.9 Å². The van der Waals surface area contributed by atoms with Gasteiger partial charge in [-0.1, -0.05) is 0 Å². The molecule has 1 amide bonds. The molecule has 2 rings (SSSR count). The van der Waals surface area contributed by atoms with Crippen molar-refractivity contribution in [2.45, 2.75) is 38.8 Å².